The number of hydrogen-bond donors (Lipinski definition) is 1. The summed E-state index contributed by atoms with van der Waals surface area (Å²) >= 11 is 0. The van der Waals surface area contributed by atoms with Crippen LogP contribution in [0, 0.1) is 0 Å². The highest BCUT2D eigenvalue weighted by atomic mass is 32.2. The lowest BCUT2D eigenvalue weighted by atomic mass is 10.5. The number of sulfonamides is 1. The third-order valence-corrected chi connectivity index (χ3v) is 5.06. The fourth-order valence-corrected chi connectivity index (χ4v) is 3.28. The molecule has 2 heterocycles. The van der Waals surface area contributed by atoms with E-state index in [1.54, 1.807) is 30.9 Å². The molecule has 20 heavy (non-hydrogen) atoms. The van der Waals surface area contributed by atoms with E-state index in [0.29, 0.717) is 24.7 Å². The summed E-state index contributed by atoms with van der Waals surface area (Å²) in [6.45, 7) is 0.842. The summed E-state index contributed by atoms with van der Waals surface area (Å²) in [6.07, 6.45) is 8.28. The maximum Gasteiger partial charge on any atom is 0.214 e. The Bertz CT molecular complexity index is 679. The number of imidazole rings is 1. The van der Waals surface area contributed by atoms with E-state index in [4.69, 9.17) is 0 Å². The first-order chi connectivity index (χ1) is 9.67. The number of aromatic nitrogens is 4. The van der Waals surface area contributed by atoms with E-state index in [-0.39, 0.29) is 5.25 Å². The van der Waals surface area contributed by atoms with Gasteiger partial charge in [0, 0.05) is 37.9 Å². The Morgan fingerprint density at radius 1 is 1.20 bits per heavy atom. The molecule has 1 aliphatic carbocycles. The molecule has 0 saturated heterocycles. The Morgan fingerprint density at radius 3 is 2.65 bits per heavy atom. The molecule has 7 nitrogen and oxygen atoms in total. The van der Waals surface area contributed by atoms with Crippen LogP contribution < -0.4 is 4.72 Å². The fourth-order valence-electron chi connectivity index (χ4n) is 1.91. The SMILES string of the molecule is O=S(=O)(NCCn1ccnc1-c1ncccn1)C1CC1. The van der Waals surface area contributed by atoms with Gasteiger partial charge in [-0.3, -0.25) is 0 Å². The molecule has 0 atom stereocenters. The quantitative estimate of drug-likeness (QED) is 0.833. The van der Waals surface area contributed by atoms with Gasteiger partial charge in [0.25, 0.3) is 0 Å². The maximum absolute atomic E-state index is 11.7. The van der Waals surface area contributed by atoms with Crippen molar-refractivity contribution in [3.8, 4) is 11.6 Å². The predicted molar refractivity (Wildman–Crippen MR) is 73.2 cm³/mol. The Labute approximate surface area is 117 Å². The van der Waals surface area contributed by atoms with E-state index < -0.39 is 10.0 Å². The Balaban J connectivity index is 1.66. The topological polar surface area (TPSA) is 89.8 Å². The summed E-state index contributed by atoms with van der Waals surface area (Å²) in [5.41, 5.74) is 0. The van der Waals surface area contributed by atoms with E-state index in [0.717, 1.165) is 12.8 Å². The summed E-state index contributed by atoms with van der Waals surface area (Å²) < 4.78 is 27.9. The summed E-state index contributed by atoms with van der Waals surface area (Å²) in [5, 5.41) is -0.192. The van der Waals surface area contributed by atoms with Crippen molar-refractivity contribution in [3.05, 3.63) is 30.9 Å². The molecule has 0 aliphatic heterocycles. The Hall–Kier alpha value is -1.80. The van der Waals surface area contributed by atoms with Crippen molar-refractivity contribution in [2.45, 2.75) is 24.6 Å². The minimum atomic E-state index is -3.13. The van der Waals surface area contributed by atoms with Crippen LogP contribution in [0.25, 0.3) is 11.6 Å². The second kappa shape index (κ2) is 5.29. The lowest BCUT2D eigenvalue weighted by Crippen LogP contribution is -2.30. The van der Waals surface area contributed by atoms with Gasteiger partial charge in [-0.2, -0.15) is 0 Å². The molecule has 0 unspecified atom stereocenters. The molecule has 2 aromatic rings. The Morgan fingerprint density at radius 2 is 1.95 bits per heavy atom. The van der Waals surface area contributed by atoms with Gasteiger partial charge in [0.1, 0.15) is 0 Å². The highest BCUT2D eigenvalue weighted by molar-refractivity contribution is 7.90. The molecule has 8 heteroatoms. The van der Waals surface area contributed by atoms with Gasteiger partial charge in [-0.25, -0.2) is 28.1 Å². The third-order valence-electron chi connectivity index (χ3n) is 3.10. The van der Waals surface area contributed by atoms with E-state index in [1.807, 2.05) is 4.57 Å². The second-order valence-corrected chi connectivity index (χ2v) is 6.70. The van der Waals surface area contributed by atoms with E-state index >= 15 is 0 Å². The number of nitrogens with zero attached hydrogens (tertiary/aromatic N) is 4. The van der Waals surface area contributed by atoms with Gasteiger partial charge in [0.2, 0.25) is 10.0 Å². The normalized spacial score (nSPS) is 15.4. The minimum absolute atomic E-state index is 0.192. The molecular weight excluding hydrogens is 278 g/mol. The van der Waals surface area contributed by atoms with Gasteiger partial charge in [0.15, 0.2) is 11.6 Å². The lowest BCUT2D eigenvalue weighted by molar-refractivity contribution is 0.572. The van der Waals surface area contributed by atoms with Gasteiger partial charge >= 0.3 is 0 Å². The van der Waals surface area contributed by atoms with Crippen molar-refractivity contribution in [2.75, 3.05) is 6.54 Å². The van der Waals surface area contributed by atoms with Gasteiger partial charge in [-0.15, -0.1) is 0 Å². The van der Waals surface area contributed by atoms with E-state index in [1.165, 1.54) is 0 Å². The van der Waals surface area contributed by atoms with Crippen molar-refractivity contribution in [2.24, 2.45) is 0 Å². The van der Waals surface area contributed by atoms with Crippen molar-refractivity contribution in [3.63, 3.8) is 0 Å². The summed E-state index contributed by atoms with van der Waals surface area (Å²) in [7, 11) is -3.13. The highest BCUT2D eigenvalue weighted by Gasteiger charge is 2.35. The molecule has 0 aromatic carbocycles. The van der Waals surface area contributed by atoms with Crippen molar-refractivity contribution in [1.82, 2.24) is 24.2 Å². The third kappa shape index (κ3) is 2.86. The van der Waals surface area contributed by atoms with Crippen LogP contribution in [0.15, 0.2) is 30.9 Å². The molecule has 0 amide bonds. The van der Waals surface area contributed by atoms with Crippen molar-refractivity contribution in [1.29, 1.82) is 0 Å². The van der Waals surface area contributed by atoms with Gasteiger partial charge in [0.05, 0.1) is 5.25 Å². The van der Waals surface area contributed by atoms with Gasteiger partial charge < -0.3 is 4.57 Å². The molecule has 1 N–H and O–H groups in total. The highest BCUT2D eigenvalue weighted by Crippen LogP contribution is 2.27. The van der Waals surface area contributed by atoms with Gasteiger partial charge in [-0.1, -0.05) is 0 Å². The van der Waals surface area contributed by atoms with Gasteiger partial charge in [-0.05, 0) is 18.9 Å². The van der Waals surface area contributed by atoms with Crippen LogP contribution in [0.3, 0.4) is 0 Å². The van der Waals surface area contributed by atoms with Crippen LogP contribution in [0.2, 0.25) is 0 Å². The van der Waals surface area contributed by atoms with Crippen LogP contribution in [0.5, 0.6) is 0 Å². The average Bonchev–Trinajstić information content (AvgIpc) is 3.21. The first-order valence-electron chi connectivity index (χ1n) is 6.44. The molecule has 1 saturated carbocycles. The average molecular weight is 293 g/mol. The summed E-state index contributed by atoms with van der Waals surface area (Å²) in [6, 6.07) is 1.74. The van der Waals surface area contributed by atoms with Crippen LogP contribution in [-0.2, 0) is 16.6 Å². The standard InChI is InChI=1S/C12H15N5O2S/c18-20(19,10-2-3-10)16-7-9-17-8-6-15-12(17)11-13-4-1-5-14-11/h1,4-6,8,10,16H,2-3,7,9H2. The molecular formula is C12H15N5O2S. The first-order valence-corrected chi connectivity index (χ1v) is 7.98. The van der Waals surface area contributed by atoms with Crippen molar-refractivity contribution < 1.29 is 8.42 Å². The summed E-state index contributed by atoms with van der Waals surface area (Å²) in [5.74, 6) is 1.17. The number of nitrogens with one attached hydrogen (secondary N) is 1. The molecule has 0 radical (unpaired) electrons. The fraction of sp³-hybridized carbons (Fsp3) is 0.417. The molecule has 1 aliphatic rings. The maximum atomic E-state index is 11.7. The van der Waals surface area contributed by atoms with Crippen LogP contribution in [0.1, 0.15) is 12.8 Å². The summed E-state index contributed by atoms with van der Waals surface area (Å²) in [4.78, 5) is 12.5. The second-order valence-electron chi connectivity index (χ2n) is 4.66. The molecule has 1 fully saturated rings. The van der Waals surface area contributed by atoms with Crippen LogP contribution >= 0.6 is 0 Å². The van der Waals surface area contributed by atoms with Crippen molar-refractivity contribution >= 4 is 10.0 Å². The first kappa shape index (κ1) is 13.2. The zero-order valence-electron chi connectivity index (χ0n) is 10.8. The molecule has 2 aromatic heterocycles. The smallest absolute Gasteiger partial charge is 0.214 e. The monoisotopic (exact) mass is 293 g/mol. The number of hydrogen-bond acceptors (Lipinski definition) is 5. The molecule has 0 spiro atoms. The lowest BCUT2D eigenvalue weighted by Gasteiger charge is -2.08. The number of rotatable bonds is 6. The zero-order valence-corrected chi connectivity index (χ0v) is 11.6. The van der Waals surface area contributed by atoms with E-state index in [9.17, 15) is 8.42 Å². The zero-order chi connectivity index (χ0) is 14.0. The molecule has 106 valence electrons. The Kier molecular flexibility index (Phi) is 3.49. The molecule has 0 bridgehead atoms. The largest absolute Gasteiger partial charge is 0.327 e. The van der Waals surface area contributed by atoms with Crippen LogP contribution in [-0.4, -0.2) is 39.7 Å². The molecule has 3 rings (SSSR count). The minimum Gasteiger partial charge on any atom is -0.327 e. The van der Waals surface area contributed by atoms with Crippen LogP contribution in [0.4, 0.5) is 0 Å². The van der Waals surface area contributed by atoms with E-state index in [2.05, 4.69) is 19.7 Å². The predicted octanol–water partition coefficient (Wildman–Crippen LogP) is 0.422.